The van der Waals surface area contributed by atoms with Gasteiger partial charge in [0.15, 0.2) is 0 Å². The summed E-state index contributed by atoms with van der Waals surface area (Å²) in [6.45, 7) is 8.64. The zero-order valence-electron chi connectivity index (χ0n) is 14.6. The van der Waals surface area contributed by atoms with Crippen molar-refractivity contribution in [2.24, 2.45) is 17.8 Å². The van der Waals surface area contributed by atoms with Crippen LogP contribution in [0.5, 0.6) is 0 Å². The maximum Gasteiger partial charge on any atom is 0.315 e. The van der Waals surface area contributed by atoms with E-state index in [4.69, 9.17) is 4.74 Å². The van der Waals surface area contributed by atoms with Gasteiger partial charge in [-0.2, -0.15) is 0 Å². The van der Waals surface area contributed by atoms with Gasteiger partial charge in [-0.25, -0.2) is 4.79 Å². The predicted octanol–water partition coefficient (Wildman–Crippen LogP) is 3.46. The Morgan fingerprint density at radius 3 is 2.09 bits per heavy atom. The van der Waals surface area contributed by atoms with Gasteiger partial charge in [-0.15, -0.1) is 0 Å². The number of nitrogens with one attached hydrogen (secondary N) is 2. The minimum Gasteiger partial charge on any atom is -0.373 e. The number of hydrogen-bond acceptors (Lipinski definition) is 2. The second kappa shape index (κ2) is 5.70. The first-order valence-electron chi connectivity index (χ1n) is 8.98. The van der Waals surface area contributed by atoms with Crippen LogP contribution >= 0.6 is 0 Å². The number of hydrogen-bond donors (Lipinski definition) is 2. The lowest BCUT2D eigenvalue weighted by Gasteiger charge is -2.56. The highest BCUT2D eigenvalue weighted by Gasteiger charge is 2.52. The van der Waals surface area contributed by atoms with Crippen molar-refractivity contribution in [1.29, 1.82) is 0 Å². The molecule has 0 aromatic carbocycles. The summed E-state index contributed by atoms with van der Waals surface area (Å²) in [4.78, 5) is 11.9. The monoisotopic (exact) mass is 308 g/mol. The molecule has 0 spiro atoms. The molecule has 0 aromatic rings. The Kier molecular flexibility index (Phi) is 4.17. The van der Waals surface area contributed by atoms with E-state index in [1.165, 1.54) is 38.5 Å². The van der Waals surface area contributed by atoms with E-state index in [-0.39, 0.29) is 23.2 Å². The zero-order chi connectivity index (χ0) is 16.0. The van der Waals surface area contributed by atoms with Crippen LogP contribution in [0.25, 0.3) is 0 Å². The lowest BCUT2D eigenvalue weighted by Crippen LogP contribution is -2.56. The average Bonchev–Trinajstić information content (AvgIpc) is 2.33. The Balaban J connectivity index is 1.54. The second-order valence-corrected chi connectivity index (χ2v) is 9.03. The third-order valence-corrected chi connectivity index (χ3v) is 5.59. The maximum atomic E-state index is 11.9. The Morgan fingerprint density at radius 2 is 1.64 bits per heavy atom. The summed E-state index contributed by atoms with van der Waals surface area (Å²) >= 11 is 0. The van der Waals surface area contributed by atoms with Crippen molar-refractivity contribution in [2.75, 3.05) is 6.61 Å². The van der Waals surface area contributed by atoms with Gasteiger partial charge < -0.3 is 15.4 Å². The minimum atomic E-state index is -0.331. The van der Waals surface area contributed by atoms with E-state index in [1.807, 2.05) is 27.7 Å². The van der Waals surface area contributed by atoms with Crippen molar-refractivity contribution in [2.45, 2.75) is 83.4 Å². The first-order chi connectivity index (χ1) is 10.3. The molecule has 0 aliphatic heterocycles. The van der Waals surface area contributed by atoms with E-state index >= 15 is 0 Å². The molecular weight excluding hydrogens is 276 g/mol. The molecule has 22 heavy (non-hydrogen) atoms. The quantitative estimate of drug-likeness (QED) is 0.817. The van der Waals surface area contributed by atoms with Crippen LogP contribution in [0.1, 0.15) is 66.2 Å². The largest absolute Gasteiger partial charge is 0.373 e. The van der Waals surface area contributed by atoms with Crippen molar-refractivity contribution in [3.8, 4) is 0 Å². The maximum absolute atomic E-state index is 11.9. The zero-order valence-corrected chi connectivity index (χ0v) is 14.6. The average molecular weight is 308 g/mol. The highest BCUT2D eigenvalue weighted by molar-refractivity contribution is 5.74. The SMILES string of the molecule is CC(C)NC(=O)NC(C)(C)COC12CC3CC(CC(C3)C1)C2. The Morgan fingerprint density at radius 1 is 1.14 bits per heavy atom. The molecule has 4 nitrogen and oxygen atoms in total. The fourth-order valence-corrected chi connectivity index (χ4v) is 5.18. The molecule has 2 amide bonds. The van der Waals surface area contributed by atoms with Crippen molar-refractivity contribution < 1.29 is 9.53 Å². The van der Waals surface area contributed by atoms with Crippen LogP contribution in [0.3, 0.4) is 0 Å². The van der Waals surface area contributed by atoms with Gasteiger partial charge in [-0.05, 0) is 84.0 Å². The number of amides is 2. The Labute approximate surface area is 134 Å². The highest BCUT2D eigenvalue weighted by atomic mass is 16.5. The number of rotatable bonds is 5. The van der Waals surface area contributed by atoms with Gasteiger partial charge in [-0.1, -0.05) is 0 Å². The molecular formula is C18H32N2O2. The lowest BCUT2D eigenvalue weighted by atomic mass is 9.54. The summed E-state index contributed by atoms with van der Waals surface area (Å²) in [5.41, 5.74) is -0.218. The van der Waals surface area contributed by atoms with Gasteiger partial charge in [0.2, 0.25) is 0 Å². The van der Waals surface area contributed by atoms with Gasteiger partial charge in [0.25, 0.3) is 0 Å². The molecule has 0 radical (unpaired) electrons. The lowest BCUT2D eigenvalue weighted by molar-refractivity contribution is -0.170. The predicted molar refractivity (Wildman–Crippen MR) is 87.7 cm³/mol. The van der Waals surface area contributed by atoms with Crippen molar-refractivity contribution in [1.82, 2.24) is 10.6 Å². The van der Waals surface area contributed by atoms with E-state index in [0.717, 1.165) is 17.8 Å². The topological polar surface area (TPSA) is 50.4 Å². The summed E-state index contributed by atoms with van der Waals surface area (Å²) in [5.74, 6) is 2.68. The number of carbonyl (C=O) groups excluding carboxylic acids is 1. The Hall–Kier alpha value is -0.770. The van der Waals surface area contributed by atoms with Crippen LogP contribution in [-0.2, 0) is 4.74 Å². The standard InChI is InChI=1S/C18H32N2O2/c1-12(2)19-16(21)20-17(3,4)11-22-18-8-13-5-14(9-18)7-15(6-13)10-18/h12-15H,5-11H2,1-4H3,(H2,19,20,21). The van der Waals surface area contributed by atoms with Crippen molar-refractivity contribution in [3.05, 3.63) is 0 Å². The molecule has 0 unspecified atom stereocenters. The highest BCUT2D eigenvalue weighted by Crippen LogP contribution is 2.57. The van der Waals surface area contributed by atoms with Crippen LogP contribution in [0.15, 0.2) is 0 Å². The molecule has 2 N–H and O–H groups in total. The van der Waals surface area contributed by atoms with Crippen LogP contribution in [0.4, 0.5) is 4.79 Å². The van der Waals surface area contributed by atoms with Gasteiger partial charge in [0, 0.05) is 6.04 Å². The molecule has 4 saturated carbocycles. The number of carbonyl (C=O) groups is 1. The molecule has 0 atom stereocenters. The van der Waals surface area contributed by atoms with E-state index in [1.54, 1.807) is 0 Å². The van der Waals surface area contributed by atoms with E-state index in [2.05, 4.69) is 10.6 Å². The van der Waals surface area contributed by atoms with E-state index < -0.39 is 0 Å². The fraction of sp³-hybridized carbons (Fsp3) is 0.944. The summed E-state index contributed by atoms with van der Waals surface area (Å²) < 4.78 is 6.47. The normalized spacial score (nSPS) is 36.7. The second-order valence-electron chi connectivity index (χ2n) is 9.03. The number of ether oxygens (including phenoxy) is 1. The molecule has 4 heteroatoms. The van der Waals surface area contributed by atoms with Gasteiger partial charge in [0.1, 0.15) is 0 Å². The summed E-state index contributed by atoms with van der Waals surface area (Å²) in [6, 6.07) is 0.0500. The third-order valence-electron chi connectivity index (χ3n) is 5.59. The van der Waals surface area contributed by atoms with Crippen LogP contribution in [0.2, 0.25) is 0 Å². The summed E-state index contributed by atoms with van der Waals surface area (Å²) in [7, 11) is 0. The van der Waals surface area contributed by atoms with Gasteiger partial charge in [-0.3, -0.25) is 0 Å². The van der Waals surface area contributed by atoms with Gasteiger partial charge in [0.05, 0.1) is 17.7 Å². The first-order valence-corrected chi connectivity index (χ1v) is 8.98. The molecule has 4 rings (SSSR count). The molecule has 0 heterocycles. The van der Waals surface area contributed by atoms with Gasteiger partial charge >= 0.3 is 6.03 Å². The van der Waals surface area contributed by atoms with Crippen LogP contribution in [-0.4, -0.2) is 29.8 Å². The van der Waals surface area contributed by atoms with Crippen molar-refractivity contribution >= 4 is 6.03 Å². The third kappa shape index (κ3) is 3.58. The van der Waals surface area contributed by atoms with Crippen LogP contribution < -0.4 is 10.6 Å². The first kappa shape index (κ1) is 16.1. The Bertz CT molecular complexity index is 396. The fourth-order valence-electron chi connectivity index (χ4n) is 5.18. The minimum absolute atomic E-state index is 0.103. The number of urea groups is 1. The van der Waals surface area contributed by atoms with Crippen molar-refractivity contribution in [3.63, 3.8) is 0 Å². The molecule has 4 bridgehead atoms. The smallest absolute Gasteiger partial charge is 0.315 e. The molecule has 4 aliphatic rings. The summed E-state index contributed by atoms with van der Waals surface area (Å²) in [6.07, 6.45) is 8.02. The molecule has 0 aromatic heterocycles. The van der Waals surface area contributed by atoms with E-state index in [0.29, 0.717) is 6.61 Å². The molecule has 0 saturated heterocycles. The molecule has 4 fully saturated rings. The van der Waals surface area contributed by atoms with E-state index in [9.17, 15) is 4.79 Å². The summed E-state index contributed by atoms with van der Waals surface area (Å²) in [5, 5.41) is 5.93. The molecule has 126 valence electrons. The molecule has 4 aliphatic carbocycles. The van der Waals surface area contributed by atoms with Crippen LogP contribution in [0, 0.1) is 17.8 Å².